The van der Waals surface area contributed by atoms with Crippen LogP contribution < -0.4 is 12.4 Å². The lowest BCUT2D eigenvalue weighted by Gasteiger charge is -2.00. The molecule has 0 unspecified atom stereocenters. The summed E-state index contributed by atoms with van der Waals surface area (Å²) in [5, 5.41) is 9.41. The van der Waals surface area contributed by atoms with Gasteiger partial charge in [-0.1, -0.05) is 6.07 Å². The molecule has 0 saturated carbocycles. The van der Waals surface area contributed by atoms with Crippen LogP contribution in [-0.2, 0) is 10.9 Å². The number of phenols is 1. The maximum atomic E-state index is 9.41. The molecule has 0 atom stereocenters. The number of hydrogen-bond acceptors (Lipinski definition) is 1. The van der Waals surface area contributed by atoms with Crippen molar-refractivity contribution in [1.82, 2.24) is 0 Å². The predicted octanol–water partition coefficient (Wildman–Crippen LogP) is -1.06. The normalized spacial score (nSPS) is 9.67. The molecule has 3 heteroatoms. The SMILES string of the molecule is Cc1ccc(O)c([S+](C)C)c1.[Cl-]. The number of aromatic hydroxyl groups is 1. The van der Waals surface area contributed by atoms with E-state index in [0.717, 1.165) is 4.90 Å². The Bertz CT molecular complexity index is 261. The standard InChI is InChI=1S/C9H12OS.ClH/c1-7-4-5-8(10)9(6-7)11(2)3;/h4-6H,1-3H3;1H. The van der Waals surface area contributed by atoms with Crippen LogP contribution >= 0.6 is 0 Å². The van der Waals surface area contributed by atoms with Crippen molar-refractivity contribution >= 4 is 10.9 Å². The number of rotatable bonds is 1. The van der Waals surface area contributed by atoms with Crippen molar-refractivity contribution in [3.63, 3.8) is 0 Å². The van der Waals surface area contributed by atoms with Crippen molar-refractivity contribution in [2.75, 3.05) is 12.5 Å². The fourth-order valence-electron chi connectivity index (χ4n) is 0.948. The van der Waals surface area contributed by atoms with Gasteiger partial charge in [0.05, 0.1) is 0 Å². The molecule has 0 amide bonds. The summed E-state index contributed by atoms with van der Waals surface area (Å²) in [6.07, 6.45) is 4.21. The summed E-state index contributed by atoms with van der Waals surface area (Å²) < 4.78 is 0. The molecule has 0 aliphatic carbocycles. The second-order valence-electron chi connectivity index (χ2n) is 2.79. The van der Waals surface area contributed by atoms with Gasteiger partial charge in [-0.3, -0.25) is 0 Å². The van der Waals surface area contributed by atoms with Crippen molar-refractivity contribution in [3.8, 4) is 5.75 Å². The Kier molecular flexibility index (Phi) is 4.50. The summed E-state index contributed by atoms with van der Waals surface area (Å²) in [6.45, 7) is 2.04. The summed E-state index contributed by atoms with van der Waals surface area (Å²) in [6, 6.07) is 5.72. The summed E-state index contributed by atoms with van der Waals surface area (Å²) in [5.41, 5.74) is 1.21. The first-order chi connectivity index (χ1) is 5.11. The second kappa shape index (κ2) is 4.63. The third kappa shape index (κ3) is 2.61. The van der Waals surface area contributed by atoms with Crippen molar-refractivity contribution in [1.29, 1.82) is 0 Å². The van der Waals surface area contributed by atoms with Gasteiger partial charge in [-0.15, -0.1) is 0 Å². The smallest absolute Gasteiger partial charge is 0.196 e. The molecule has 1 rings (SSSR count). The van der Waals surface area contributed by atoms with Gasteiger partial charge in [-0.25, -0.2) is 0 Å². The van der Waals surface area contributed by atoms with E-state index in [9.17, 15) is 5.11 Å². The van der Waals surface area contributed by atoms with Crippen molar-refractivity contribution in [3.05, 3.63) is 23.8 Å². The Hall–Kier alpha value is -0.340. The van der Waals surface area contributed by atoms with Crippen molar-refractivity contribution < 1.29 is 17.5 Å². The van der Waals surface area contributed by atoms with Crippen LogP contribution in [0, 0.1) is 6.92 Å². The second-order valence-corrected chi connectivity index (χ2v) is 4.86. The Labute approximate surface area is 82.6 Å². The highest BCUT2D eigenvalue weighted by atomic mass is 35.5. The van der Waals surface area contributed by atoms with E-state index in [1.165, 1.54) is 5.56 Å². The van der Waals surface area contributed by atoms with E-state index in [4.69, 9.17) is 0 Å². The molecule has 0 heterocycles. The molecule has 0 spiro atoms. The molecule has 1 aromatic rings. The number of benzene rings is 1. The minimum Gasteiger partial charge on any atom is -1.00 e. The highest BCUT2D eigenvalue weighted by Crippen LogP contribution is 2.22. The molecule has 0 aliphatic rings. The zero-order valence-corrected chi connectivity index (χ0v) is 9.04. The molecule has 1 N–H and O–H groups in total. The van der Waals surface area contributed by atoms with Crippen LogP contribution in [0.2, 0.25) is 0 Å². The van der Waals surface area contributed by atoms with Crippen LogP contribution in [0.3, 0.4) is 0 Å². The van der Waals surface area contributed by atoms with Crippen LogP contribution in [0.25, 0.3) is 0 Å². The Balaban J connectivity index is 0.00000121. The maximum absolute atomic E-state index is 9.41. The van der Waals surface area contributed by atoms with Gasteiger partial charge in [0.1, 0.15) is 12.5 Å². The first-order valence-corrected chi connectivity index (χ1v) is 5.52. The minimum absolute atomic E-state index is 0. The van der Waals surface area contributed by atoms with Crippen LogP contribution in [0.5, 0.6) is 5.75 Å². The minimum atomic E-state index is 0. The summed E-state index contributed by atoms with van der Waals surface area (Å²) in [4.78, 5) is 1.06. The number of hydrogen-bond donors (Lipinski definition) is 1. The van der Waals surface area contributed by atoms with Crippen molar-refractivity contribution in [2.45, 2.75) is 11.8 Å². The first kappa shape index (κ1) is 11.7. The molecule has 1 aromatic carbocycles. The molecule has 1 nitrogen and oxygen atoms in total. The maximum Gasteiger partial charge on any atom is 0.196 e. The topological polar surface area (TPSA) is 20.2 Å². The Morgan fingerprint density at radius 1 is 1.25 bits per heavy atom. The molecule has 0 radical (unpaired) electrons. The summed E-state index contributed by atoms with van der Waals surface area (Å²) >= 11 is 0. The molecule has 68 valence electrons. The monoisotopic (exact) mass is 204 g/mol. The molecular weight excluding hydrogens is 192 g/mol. The van der Waals surface area contributed by atoms with Gasteiger partial charge < -0.3 is 17.5 Å². The van der Waals surface area contributed by atoms with Gasteiger partial charge in [0.25, 0.3) is 0 Å². The molecule has 0 saturated heterocycles. The van der Waals surface area contributed by atoms with E-state index < -0.39 is 0 Å². The van der Waals surface area contributed by atoms with E-state index in [1.54, 1.807) is 6.07 Å². The molecule has 0 bridgehead atoms. The average molecular weight is 205 g/mol. The number of aryl methyl sites for hydroxylation is 1. The highest BCUT2D eigenvalue weighted by molar-refractivity contribution is 7.95. The van der Waals surface area contributed by atoms with Gasteiger partial charge in [-0.05, 0) is 24.6 Å². The third-order valence-corrected chi connectivity index (χ3v) is 2.76. The van der Waals surface area contributed by atoms with Crippen LogP contribution in [0.1, 0.15) is 5.56 Å². The largest absolute Gasteiger partial charge is 1.00 e. The molecule has 12 heavy (non-hydrogen) atoms. The lowest BCUT2D eigenvalue weighted by molar-refractivity contribution is -0.00000357. The zero-order chi connectivity index (χ0) is 8.43. The first-order valence-electron chi connectivity index (χ1n) is 3.48. The summed E-state index contributed by atoms with van der Waals surface area (Å²) in [5.74, 6) is 0.420. The lowest BCUT2D eigenvalue weighted by atomic mass is 10.2. The van der Waals surface area contributed by atoms with Crippen molar-refractivity contribution in [2.24, 2.45) is 0 Å². The van der Waals surface area contributed by atoms with Crippen LogP contribution in [-0.4, -0.2) is 17.6 Å². The fourth-order valence-corrected chi connectivity index (χ4v) is 1.86. The lowest BCUT2D eigenvalue weighted by Crippen LogP contribution is -3.00. The van der Waals surface area contributed by atoms with Crippen LogP contribution in [0.4, 0.5) is 0 Å². The van der Waals surface area contributed by atoms with E-state index in [1.807, 2.05) is 19.1 Å². The van der Waals surface area contributed by atoms with Crippen LogP contribution in [0.15, 0.2) is 23.1 Å². The molecule has 0 aliphatic heterocycles. The quantitative estimate of drug-likeness (QED) is 0.579. The van der Waals surface area contributed by atoms with Gasteiger partial charge in [0, 0.05) is 10.9 Å². The number of halogens is 1. The number of phenolic OH excluding ortho intramolecular Hbond substituents is 1. The fraction of sp³-hybridized carbons (Fsp3) is 0.333. The highest BCUT2D eigenvalue weighted by Gasteiger charge is 2.13. The average Bonchev–Trinajstić information content (AvgIpc) is 1.94. The Morgan fingerprint density at radius 3 is 2.25 bits per heavy atom. The third-order valence-electron chi connectivity index (χ3n) is 1.56. The van der Waals surface area contributed by atoms with E-state index in [-0.39, 0.29) is 23.3 Å². The van der Waals surface area contributed by atoms with Gasteiger partial charge in [-0.2, -0.15) is 0 Å². The Morgan fingerprint density at radius 2 is 1.83 bits per heavy atom. The van der Waals surface area contributed by atoms with Gasteiger partial charge in [0.15, 0.2) is 10.6 Å². The van der Waals surface area contributed by atoms with Gasteiger partial charge >= 0.3 is 0 Å². The van der Waals surface area contributed by atoms with E-state index in [2.05, 4.69) is 12.5 Å². The molecule has 0 aromatic heterocycles. The molecule has 0 fully saturated rings. The molecular formula is C9H13ClOS. The van der Waals surface area contributed by atoms with E-state index >= 15 is 0 Å². The van der Waals surface area contributed by atoms with Gasteiger partial charge in [0.2, 0.25) is 0 Å². The van der Waals surface area contributed by atoms with E-state index in [0.29, 0.717) is 5.75 Å². The summed E-state index contributed by atoms with van der Waals surface area (Å²) in [7, 11) is 0.149. The predicted molar refractivity (Wildman–Crippen MR) is 50.3 cm³/mol. The zero-order valence-electron chi connectivity index (χ0n) is 7.47.